The summed E-state index contributed by atoms with van der Waals surface area (Å²) >= 11 is 5.11. The van der Waals surface area contributed by atoms with Crippen LogP contribution in [-0.2, 0) is 0 Å². The molecule has 0 radical (unpaired) electrons. The van der Waals surface area contributed by atoms with Gasteiger partial charge < -0.3 is 15.1 Å². The van der Waals surface area contributed by atoms with Crippen LogP contribution in [0.5, 0.6) is 0 Å². The Kier molecular flexibility index (Phi) is 4.55. The standard InChI is InChI=1S/C10H17N3OS/c1-4-5-11-10(15)13-8(3)9-12-6-7(2)14-9/h6,8H,4-5H2,1-3H3,(H2,11,13,15). The van der Waals surface area contributed by atoms with Crippen LogP contribution in [0.1, 0.15) is 38.0 Å². The molecular weight excluding hydrogens is 210 g/mol. The van der Waals surface area contributed by atoms with E-state index in [1.165, 1.54) is 0 Å². The van der Waals surface area contributed by atoms with Gasteiger partial charge in [0.25, 0.3) is 0 Å². The number of rotatable bonds is 4. The molecule has 0 saturated carbocycles. The monoisotopic (exact) mass is 227 g/mol. The lowest BCUT2D eigenvalue weighted by Gasteiger charge is -2.13. The van der Waals surface area contributed by atoms with Gasteiger partial charge in [0.1, 0.15) is 11.8 Å². The third kappa shape index (κ3) is 3.87. The van der Waals surface area contributed by atoms with E-state index in [-0.39, 0.29) is 6.04 Å². The van der Waals surface area contributed by atoms with Crippen LogP contribution in [0.3, 0.4) is 0 Å². The van der Waals surface area contributed by atoms with E-state index in [2.05, 4.69) is 22.5 Å². The van der Waals surface area contributed by atoms with E-state index in [0.29, 0.717) is 11.0 Å². The average molecular weight is 227 g/mol. The number of thiocarbonyl (C=S) groups is 1. The number of hydrogen-bond donors (Lipinski definition) is 2. The highest BCUT2D eigenvalue weighted by Crippen LogP contribution is 2.11. The fraction of sp³-hybridized carbons (Fsp3) is 0.600. The van der Waals surface area contributed by atoms with Gasteiger partial charge in [0.15, 0.2) is 5.11 Å². The molecule has 1 aromatic heterocycles. The molecule has 0 aromatic carbocycles. The molecule has 0 saturated heterocycles. The van der Waals surface area contributed by atoms with Gasteiger partial charge in [-0.3, -0.25) is 0 Å². The lowest BCUT2D eigenvalue weighted by molar-refractivity contribution is 0.428. The van der Waals surface area contributed by atoms with Crippen molar-refractivity contribution in [3.63, 3.8) is 0 Å². The predicted octanol–water partition coefficient (Wildman–Crippen LogP) is 1.92. The Morgan fingerprint density at radius 2 is 2.40 bits per heavy atom. The van der Waals surface area contributed by atoms with E-state index in [9.17, 15) is 0 Å². The third-order valence-corrected chi connectivity index (χ3v) is 2.15. The molecule has 5 heteroatoms. The molecule has 0 amide bonds. The first-order chi connectivity index (χ1) is 7.13. The summed E-state index contributed by atoms with van der Waals surface area (Å²) < 4.78 is 5.39. The molecule has 1 rings (SSSR count). The van der Waals surface area contributed by atoms with Gasteiger partial charge in [-0.25, -0.2) is 4.98 Å². The number of oxazole rings is 1. The molecule has 4 nitrogen and oxygen atoms in total. The minimum Gasteiger partial charge on any atom is -0.444 e. The zero-order valence-corrected chi connectivity index (χ0v) is 10.1. The van der Waals surface area contributed by atoms with Gasteiger partial charge in [0.2, 0.25) is 5.89 Å². The highest BCUT2D eigenvalue weighted by molar-refractivity contribution is 7.80. The number of hydrogen-bond acceptors (Lipinski definition) is 3. The molecule has 2 N–H and O–H groups in total. The highest BCUT2D eigenvalue weighted by atomic mass is 32.1. The summed E-state index contributed by atoms with van der Waals surface area (Å²) in [7, 11) is 0. The maximum absolute atomic E-state index is 5.39. The number of nitrogens with one attached hydrogen (secondary N) is 2. The van der Waals surface area contributed by atoms with Crippen molar-refractivity contribution in [3.05, 3.63) is 17.8 Å². The quantitative estimate of drug-likeness (QED) is 0.770. The van der Waals surface area contributed by atoms with Crippen molar-refractivity contribution in [2.24, 2.45) is 0 Å². The van der Waals surface area contributed by atoms with Gasteiger partial charge in [-0.2, -0.15) is 0 Å². The Balaban J connectivity index is 2.41. The van der Waals surface area contributed by atoms with Crippen molar-refractivity contribution in [1.29, 1.82) is 0 Å². The van der Waals surface area contributed by atoms with Crippen molar-refractivity contribution in [2.75, 3.05) is 6.54 Å². The number of aryl methyl sites for hydroxylation is 1. The van der Waals surface area contributed by atoms with Crippen LogP contribution in [0.2, 0.25) is 0 Å². The first-order valence-electron chi connectivity index (χ1n) is 5.10. The molecule has 15 heavy (non-hydrogen) atoms. The Morgan fingerprint density at radius 1 is 1.67 bits per heavy atom. The Bertz CT molecular complexity index is 324. The van der Waals surface area contributed by atoms with E-state index in [0.717, 1.165) is 18.7 Å². The molecule has 84 valence electrons. The molecule has 1 unspecified atom stereocenters. The largest absolute Gasteiger partial charge is 0.444 e. The van der Waals surface area contributed by atoms with Crippen LogP contribution in [0.15, 0.2) is 10.6 Å². The normalized spacial score (nSPS) is 12.2. The van der Waals surface area contributed by atoms with Crippen LogP contribution >= 0.6 is 12.2 Å². The summed E-state index contributed by atoms with van der Waals surface area (Å²) in [6.45, 7) is 6.81. The minimum absolute atomic E-state index is 0.00411. The minimum atomic E-state index is -0.00411. The van der Waals surface area contributed by atoms with Gasteiger partial charge >= 0.3 is 0 Å². The summed E-state index contributed by atoms with van der Waals surface area (Å²) in [5, 5.41) is 6.84. The lowest BCUT2D eigenvalue weighted by atomic mass is 10.3. The zero-order valence-electron chi connectivity index (χ0n) is 9.33. The van der Waals surface area contributed by atoms with E-state index in [4.69, 9.17) is 16.6 Å². The van der Waals surface area contributed by atoms with Crippen LogP contribution in [-0.4, -0.2) is 16.6 Å². The van der Waals surface area contributed by atoms with Gasteiger partial charge in [-0.1, -0.05) is 6.92 Å². The highest BCUT2D eigenvalue weighted by Gasteiger charge is 2.11. The van der Waals surface area contributed by atoms with Crippen LogP contribution in [0.25, 0.3) is 0 Å². The van der Waals surface area contributed by atoms with Crippen molar-refractivity contribution >= 4 is 17.3 Å². The van der Waals surface area contributed by atoms with Crippen LogP contribution < -0.4 is 10.6 Å². The van der Waals surface area contributed by atoms with Gasteiger partial charge in [-0.05, 0) is 32.5 Å². The summed E-state index contributed by atoms with van der Waals surface area (Å²) in [5.74, 6) is 1.47. The van der Waals surface area contributed by atoms with Crippen molar-refractivity contribution in [3.8, 4) is 0 Å². The summed E-state index contributed by atoms with van der Waals surface area (Å²) in [6.07, 6.45) is 2.75. The predicted molar refractivity (Wildman–Crippen MR) is 63.7 cm³/mol. The molecule has 0 aliphatic rings. The van der Waals surface area contributed by atoms with Gasteiger partial charge in [-0.15, -0.1) is 0 Å². The Morgan fingerprint density at radius 3 is 2.93 bits per heavy atom. The van der Waals surface area contributed by atoms with E-state index >= 15 is 0 Å². The van der Waals surface area contributed by atoms with Crippen molar-refractivity contribution in [2.45, 2.75) is 33.2 Å². The number of aromatic nitrogens is 1. The summed E-state index contributed by atoms with van der Waals surface area (Å²) in [5.41, 5.74) is 0. The fourth-order valence-electron chi connectivity index (χ4n) is 1.12. The van der Waals surface area contributed by atoms with Crippen LogP contribution in [0.4, 0.5) is 0 Å². The molecule has 0 aliphatic heterocycles. The topological polar surface area (TPSA) is 50.1 Å². The second-order valence-electron chi connectivity index (χ2n) is 3.43. The summed E-state index contributed by atoms with van der Waals surface area (Å²) in [6, 6.07) is -0.00411. The van der Waals surface area contributed by atoms with Gasteiger partial charge in [0.05, 0.1) is 6.20 Å². The second kappa shape index (κ2) is 5.70. The summed E-state index contributed by atoms with van der Waals surface area (Å²) in [4.78, 5) is 4.13. The first kappa shape index (κ1) is 12.0. The molecule has 0 aliphatic carbocycles. The Hall–Kier alpha value is -1.10. The zero-order chi connectivity index (χ0) is 11.3. The molecule has 1 aromatic rings. The molecular formula is C10H17N3OS. The lowest BCUT2D eigenvalue weighted by Crippen LogP contribution is -2.37. The van der Waals surface area contributed by atoms with E-state index < -0.39 is 0 Å². The first-order valence-corrected chi connectivity index (χ1v) is 5.51. The van der Waals surface area contributed by atoms with Gasteiger partial charge in [0, 0.05) is 6.54 Å². The van der Waals surface area contributed by atoms with E-state index in [1.54, 1.807) is 6.20 Å². The van der Waals surface area contributed by atoms with Crippen molar-refractivity contribution in [1.82, 2.24) is 15.6 Å². The third-order valence-electron chi connectivity index (χ3n) is 1.89. The second-order valence-corrected chi connectivity index (χ2v) is 3.84. The average Bonchev–Trinajstić information content (AvgIpc) is 2.61. The molecule has 0 fully saturated rings. The molecule has 0 bridgehead atoms. The molecule has 1 heterocycles. The number of nitrogens with zero attached hydrogens (tertiary/aromatic N) is 1. The van der Waals surface area contributed by atoms with Crippen LogP contribution in [0, 0.1) is 6.92 Å². The Labute approximate surface area is 95.5 Å². The maximum Gasteiger partial charge on any atom is 0.216 e. The maximum atomic E-state index is 5.39. The SMILES string of the molecule is CCCNC(=S)NC(C)c1ncc(C)o1. The molecule has 1 atom stereocenters. The smallest absolute Gasteiger partial charge is 0.216 e. The van der Waals surface area contributed by atoms with E-state index in [1.807, 2.05) is 13.8 Å². The fourth-order valence-corrected chi connectivity index (χ4v) is 1.40. The molecule has 0 spiro atoms. The van der Waals surface area contributed by atoms with Crippen molar-refractivity contribution < 1.29 is 4.42 Å².